The molecule has 5 heavy (non-hydrogen) atoms. The first-order chi connectivity index (χ1) is 2.41. The molecule has 0 aromatic rings. The summed E-state index contributed by atoms with van der Waals surface area (Å²) in [5, 5.41) is 15.4. The van der Waals surface area contributed by atoms with Crippen LogP contribution in [0.4, 0.5) is 0 Å². The van der Waals surface area contributed by atoms with Crippen LogP contribution in [-0.2, 0) is 24.6 Å². The van der Waals surface area contributed by atoms with Gasteiger partial charge in [0.05, 0.1) is 0 Å². The number of rotatable bonds is 0. The van der Waals surface area contributed by atoms with E-state index in [1.165, 1.54) is 0 Å². The van der Waals surface area contributed by atoms with Gasteiger partial charge in [0.1, 0.15) is 0 Å². The molecule has 0 saturated heterocycles. The second kappa shape index (κ2) is 3.92. The van der Waals surface area contributed by atoms with Crippen molar-refractivity contribution in [1.29, 1.82) is 10.5 Å². The Balaban J connectivity index is 2.86. The molecular formula is C2HgN2. The number of nitriles is 2. The Hall–Kier alpha value is -0.0849. The molecule has 0 rings (SSSR count). The number of hydrogen-bond acceptors (Lipinski definition) is 2. The summed E-state index contributed by atoms with van der Waals surface area (Å²) in [5.41, 5.74) is 0. The summed E-state index contributed by atoms with van der Waals surface area (Å²) >= 11 is -1.53. The van der Waals surface area contributed by atoms with Gasteiger partial charge in [0.25, 0.3) is 0 Å². The zero-order valence-corrected chi connectivity index (χ0v) is 8.10. The van der Waals surface area contributed by atoms with E-state index >= 15 is 0 Å². The monoisotopic (exact) mass is 254 g/mol. The van der Waals surface area contributed by atoms with Gasteiger partial charge in [-0.2, -0.15) is 0 Å². The van der Waals surface area contributed by atoms with Crippen molar-refractivity contribution in [1.82, 2.24) is 0 Å². The molecule has 0 atom stereocenters. The third-order valence-electron chi connectivity index (χ3n) is 0.158. The zero-order chi connectivity index (χ0) is 4.12. The van der Waals surface area contributed by atoms with Crippen LogP contribution in [0, 0.1) is 17.7 Å². The predicted molar refractivity (Wildman–Crippen MR) is 11.2 cm³/mol. The van der Waals surface area contributed by atoms with Crippen molar-refractivity contribution in [2.24, 2.45) is 0 Å². The molecule has 0 N–H and O–H groups in total. The van der Waals surface area contributed by atoms with E-state index in [1.54, 1.807) is 0 Å². The molecule has 0 heterocycles. The first-order valence-electron chi connectivity index (χ1n) is 1.15. The third kappa shape index (κ3) is 3.92. The molecule has 0 aliphatic carbocycles. The Morgan fingerprint density at radius 2 is 1.60 bits per heavy atom. The standard InChI is InChI=1S/2CN.Hg/c2*1-2;. The van der Waals surface area contributed by atoms with Gasteiger partial charge < -0.3 is 0 Å². The quantitative estimate of drug-likeness (QED) is 0.571. The normalized spacial score (nSPS) is 2.80. The van der Waals surface area contributed by atoms with Crippen molar-refractivity contribution in [2.75, 3.05) is 0 Å². The molecule has 3 heteroatoms. The minimum atomic E-state index is -1.53. The van der Waals surface area contributed by atoms with Crippen LogP contribution >= 0.6 is 0 Å². The van der Waals surface area contributed by atoms with Gasteiger partial charge in [0.15, 0.2) is 0 Å². The van der Waals surface area contributed by atoms with Crippen molar-refractivity contribution in [3.05, 3.63) is 0 Å². The Bertz CT molecular complexity index is 72.8. The van der Waals surface area contributed by atoms with Crippen molar-refractivity contribution in [2.45, 2.75) is 0 Å². The van der Waals surface area contributed by atoms with Crippen molar-refractivity contribution >= 4 is 0 Å². The fourth-order valence-corrected chi connectivity index (χ4v) is 0.310. The summed E-state index contributed by atoms with van der Waals surface area (Å²) in [6.07, 6.45) is 0. The summed E-state index contributed by atoms with van der Waals surface area (Å²) in [4.78, 5) is 0. The molecule has 0 saturated carbocycles. The van der Waals surface area contributed by atoms with E-state index in [1.807, 2.05) is 7.16 Å². The Kier molecular flexibility index (Phi) is 3.85. The van der Waals surface area contributed by atoms with Crippen molar-refractivity contribution < 1.29 is 24.6 Å². The van der Waals surface area contributed by atoms with Crippen LogP contribution in [0.1, 0.15) is 0 Å². The van der Waals surface area contributed by atoms with E-state index < -0.39 is 24.6 Å². The van der Waals surface area contributed by atoms with Gasteiger partial charge in [-0.15, -0.1) is 0 Å². The molecule has 0 aromatic carbocycles. The van der Waals surface area contributed by atoms with Gasteiger partial charge in [0.2, 0.25) is 0 Å². The second-order valence-electron chi connectivity index (χ2n) is 0.493. The summed E-state index contributed by atoms with van der Waals surface area (Å²) < 4.78 is 3.76. The third-order valence-corrected chi connectivity index (χ3v) is 1.39. The first kappa shape index (κ1) is 4.92. The van der Waals surface area contributed by atoms with Gasteiger partial charge in [-0.3, -0.25) is 0 Å². The molecule has 2 nitrogen and oxygen atoms in total. The summed E-state index contributed by atoms with van der Waals surface area (Å²) in [6, 6.07) is 0. The Morgan fingerprint density at radius 3 is 1.60 bits per heavy atom. The second-order valence-corrected chi connectivity index (χ2v) is 4.33. The summed E-state index contributed by atoms with van der Waals surface area (Å²) in [5.74, 6) is 0. The molecule has 0 aliphatic rings. The van der Waals surface area contributed by atoms with E-state index in [0.717, 1.165) is 0 Å². The molecule has 0 spiro atoms. The molecule has 0 fully saturated rings. The van der Waals surface area contributed by atoms with Gasteiger partial charge in [-0.05, 0) is 0 Å². The zero-order valence-electron chi connectivity index (χ0n) is 2.60. The van der Waals surface area contributed by atoms with Gasteiger partial charge in [-0.1, -0.05) is 0 Å². The topological polar surface area (TPSA) is 47.6 Å². The number of nitrogens with zero attached hydrogens (tertiary/aromatic N) is 2. The van der Waals surface area contributed by atoms with E-state index in [-0.39, 0.29) is 0 Å². The predicted octanol–water partition coefficient (Wildman–Crippen LogP) is 0.0311. The van der Waals surface area contributed by atoms with Crippen LogP contribution in [0.2, 0.25) is 0 Å². The molecule has 0 bridgehead atoms. The fraction of sp³-hybridized carbons (Fsp3) is 0. The van der Waals surface area contributed by atoms with Gasteiger partial charge in [-0.25, -0.2) is 0 Å². The van der Waals surface area contributed by atoms with Crippen LogP contribution in [0.25, 0.3) is 0 Å². The van der Waals surface area contributed by atoms with Crippen LogP contribution in [-0.4, -0.2) is 0 Å². The maximum absolute atomic E-state index is 7.69. The molecule has 0 aliphatic heterocycles. The summed E-state index contributed by atoms with van der Waals surface area (Å²) in [7, 11) is 0. The average molecular weight is 253 g/mol. The van der Waals surface area contributed by atoms with Gasteiger partial charge >= 0.3 is 42.3 Å². The fourth-order valence-electron chi connectivity index (χ4n) is 0.0354. The van der Waals surface area contributed by atoms with Gasteiger partial charge in [0, 0.05) is 0 Å². The number of hydrogen-bond donors (Lipinski definition) is 0. The van der Waals surface area contributed by atoms with Crippen LogP contribution in [0.3, 0.4) is 0 Å². The van der Waals surface area contributed by atoms with Crippen LogP contribution in [0.5, 0.6) is 0 Å². The van der Waals surface area contributed by atoms with E-state index in [9.17, 15) is 0 Å². The first-order valence-corrected chi connectivity index (χ1v) is 6.65. The van der Waals surface area contributed by atoms with E-state index in [2.05, 4.69) is 0 Å². The average Bonchev–Trinajstić information content (AvgIpc) is 1.41. The van der Waals surface area contributed by atoms with Crippen LogP contribution in [0.15, 0.2) is 0 Å². The molecule has 0 radical (unpaired) electrons. The molecule has 0 aromatic heterocycles. The van der Waals surface area contributed by atoms with E-state index in [4.69, 9.17) is 10.5 Å². The Morgan fingerprint density at radius 1 is 1.20 bits per heavy atom. The molecule has 20 valence electrons. The maximum atomic E-state index is 7.69. The van der Waals surface area contributed by atoms with E-state index in [0.29, 0.717) is 0 Å². The molecule has 0 amide bonds. The summed E-state index contributed by atoms with van der Waals surface area (Å²) in [6.45, 7) is 0. The minimum absolute atomic E-state index is 1.53. The Labute approximate surface area is 42.4 Å². The SMILES string of the molecule is N#[C][Hg][C]#N. The van der Waals surface area contributed by atoms with Crippen LogP contribution < -0.4 is 0 Å². The molecule has 0 unspecified atom stereocenters. The van der Waals surface area contributed by atoms with Crippen molar-refractivity contribution in [3.8, 4) is 7.16 Å². The van der Waals surface area contributed by atoms with Crippen molar-refractivity contribution in [3.63, 3.8) is 0 Å². The molecular weight excluding hydrogens is 253 g/mol.